The molecule has 3 heterocycles. The normalized spacial score (nSPS) is 18.6. The van der Waals surface area contributed by atoms with Crippen LogP contribution in [0.3, 0.4) is 0 Å². The summed E-state index contributed by atoms with van der Waals surface area (Å²) >= 11 is 0. The fourth-order valence-electron chi connectivity index (χ4n) is 4.19. The second-order valence-electron chi connectivity index (χ2n) is 8.13. The number of carbonyl (C=O) groups excluding carboxylic acids is 1. The van der Waals surface area contributed by atoms with E-state index < -0.39 is 5.91 Å². The lowest BCUT2D eigenvalue weighted by Gasteiger charge is -2.33. The van der Waals surface area contributed by atoms with Gasteiger partial charge in [0, 0.05) is 44.0 Å². The average molecular weight is 395 g/mol. The van der Waals surface area contributed by atoms with E-state index in [-0.39, 0.29) is 0 Å². The molecule has 7 nitrogen and oxygen atoms in total. The molecule has 0 bridgehead atoms. The van der Waals surface area contributed by atoms with E-state index in [0.29, 0.717) is 17.3 Å². The number of nitrogens with zero attached hydrogens (tertiary/aromatic N) is 4. The Morgan fingerprint density at radius 1 is 1.10 bits per heavy atom. The fraction of sp³-hybridized carbons (Fsp3) is 0.500. The van der Waals surface area contributed by atoms with Crippen LogP contribution >= 0.6 is 0 Å². The Balaban J connectivity index is 1.62. The Labute approximate surface area is 172 Å². The molecule has 2 fully saturated rings. The van der Waals surface area contributed by atoms with Gasteiger partial charge in [0.15, 0.2) is 0 Å². The summed E-state index contributed by atoms with van der Waals surface area (Å²) < 4.78 is 0. The third kappa shape index (κ3) is 4.67. The van der Waals surface area contributed by atoms with E-state index in [1.165, 1.54) is 32.1 Å². The maximum atomic E-state index is 12.1. The number of anilines is 2. The Kier molecular flexibility index (Phi) is 5.94. The van der Waals surface area contributed by atoms with E-state index >= 15 is 0 Å². The van der Waals surface area contributed by atoms with Crippen LogP contribution < -0.4 is 16.0 Å². The lowest BCUT2D eigenvalue weighted by molar-refractivity contribution is 0.100. The minimum atomic E-state index is -0.462. The zero-order valence-electron chi connectivity index (χ0n) is 17.1. The second-order valence-corrected chi connectivity index (χ2v) is 8.13. The van der Waals surface area contributed by atoms with E-state index in [2.05, 4.69) is 27.1 Å². The highest BCUT2D eigenvalue weighted by molar-refractivity contribution is 5.99. The Morgan fingerprint density at radius 2 is 1.86 bits per heavy atom. The number of piperazine rings is 1. The Morgan fingerprint density at radius 3 is 2.59 bits per heavy atom. The van der Waals surface area contributed by atoms with Crippen molar-refractivity contribution in [2.75, 3.05) is 43.4 Å². The van der Waals surface area contributed by atoms with Crippen LogP contribution in [0.1, 0.15) is 42.5 Å². The number of nitrogens with two attached hydrogens (primary N) is 1. The van der Waals surface area contributed by atoms with Crippen LogP contribution in [0, 0.1) is 0 Å². The lowest BCUT2D eigenvalue weighted by Crippen LogP contribution is -2.44. The van der Waals surface area contributed by atoms with E-state index in [1.54, 1.807) is 12.3 Å². The standard InChI is InChI=1S/C22H30N6O/c1-27-11-13-28(14-12-27)20-8-7-18(22(23)29)21(26-20)16-9-10-24-19(15-16)25-17-5-3-2-4-6-17/h7-10,15,17H,2-6,11-14H2,1H3,(H2,23,29)(H,24,25). The number of hydrogen-bond acceptors (Lipinski definition) is 6. The average Bonchev–Trinajstić information content (AvgIpc) is 2.75. The van der Waals surface area contributed by atoms with Gasteiger partial charge < -0.3 is 20.9 Å². The summed E-state index contributed by atoms with van der Waals surface area (Å²) in [6.07, 6.45) is 7.97. The molecule has 0 spiro atoms. The molecule has 154 valence electrons. The van der Waals surface area contributed by atoms with Crippen LogP contribution in [0.4, 0.5) is 11.6 Å². The number of carbonyl (C=O) groups is 1. The number of hydrogen-bond donors (Lipinski definition) is 2. The molecule has 2 aliphatic rings. The largest absolute Gasteiger partial charge is 0.367 e. The number of primary amides is 1. The first kappa shape index (κ1) is 19.6. The number of likely N-dealkylation sites (N-methyl/N-ethyl adjacent to an activating group) is 1. The molecule has 1 aliphatic carbocycles. The van der Waals surface area contributed by atoms with E-state index in [1.807, 2.05) is 18.2 Å². The van der Waals surface area contributed by atoms with Crippen LogP contribution in [0.2, 0.25) is 0 Å². The highest BCUT2D eigenvalue weighted by Gasteiger charge is 2.20. The molecule has 2 aromatic heterocycles. The van der Waals surface area contributed by atoms with Crippen LogP contribution in [0.15, 0.2) is 30.5 Å². The van der Waals surface area contributed by atoms with Gasteiger partial charge >= 0.3 is 0 Å². The predicted octanol–water partition coefficient (Wildman–Crippen LogP) is 2.74. The molecule has 1 saturated carbocycles. The first-order valence-electron chi connectivity index (χ1n) is 10.6. The van der Waals surface area contributed by atoms with Gasteiger partial charge in [0.25, 0.3) is 5.91 Å². The molecule has 7 heteroatoms. The molecule has 1 aliphatic heterocycles. The van der Waals surface area contributed by atoms with Crippen molar-refractivity contribution in [2.24, 2.45) is 5.73 Å². The molecule has 29 heavy (non-hydrogen) atoms. The van der Waals surface area contributed by atoms with Crippen LogP contribution in [0.25, 0.3) is 11.3 Å². The van der Waals surface area contributed by atoms with Gasteiger partial charge in [-0.3, -0.25) is 4.79 Å². The summed E-state index contributed by atoms with van der Waals surface area (Å²) in [4.78, 5) is 26.0. The van der Waals surface area contributed by atoms with Gasteiger partial charge in [0.05, 0.1) is 11.3 Å². The maximum Gasteiger partial charge on any atom is 0.250 e. The summed E-state index contributed by atoms with van der Waals surface area (Å²) in [7, 11) is 2.13. The van der Waals surface area contributed by atoms with Crippen molar-refractivity contribution in [1.29, 1.82) is 0 Å². The topological polar surface area (TPSA) is 87.4 Å². The monoisotopic (exact) mass is 394 g/mol. The van der Waals surface area contributed by atoms with E-state index in [4.69, 9.17) is 10.7 Å². The SMILES string of the molecule is CN1CCN(c2ccc(C(N)=O)c(-c3ccnc(NC4CCCCC4)c3)n2)CC1. The molecule has 0 atom stereocenters. The molecule has 3 N–H and O–H groups in total. The van der Waals surface area contributed by atoms with Gasteiger partial charge in [-0.15, -0.1) is 0 Å². The molecule has 1 saturated heterocycles. The van der Waals surface area contributed by atoms with Gasteiger partial charge in [-0.1, -0.05) is 19.3 Å². The zero-order chi connectivity index (χ0) is 20.2. The maximum absolute atomic E-state index is 12.1. The molecular weight excluding hydrogens is 364 g/mol. The number of aromatic nitrogens is 2. The molecule has 0 aromatic carbocycles. The summed E-state index contributed by atoms with van der Waals surface area (Å²) in [5.41, 5.74) is 7.59. The Hall–Kier alpha value is -2.67. The molecule has 4 rings (SSSR count). The number of amides is 1. The fourth-order valence-corrected chi connectivity index (χ4v) is 4.19. The van der Waals surface area contributed by atoms with Crippen molar-refractivity contribution in [2.45, 2.75) is 38.1 Å². The van der Waals surface area contributed by atoms with Crippen molar-refractivity contribution in [1.82, 2.24) is 14.9 Å². The van der Waals surface area contributed by atoms with Gasteiger partial charge in [-0.2, -0.15) is 0 Å². The predicted molar refractivity (Wildman–Crippen MR) is 116 cm³/mol. The van der Waals surface area contributed by atoms with Crippen LogP contribution in [-0.2, 0) is 0 Å². The smallest absolute Gasteiger partial charge is 0.250 e. The van der Waals surface area contributed by atoms with Gasteiger partial charge in [0.1, 0.15) is 11.6 Å². The second kappa shape index (κ2) is 8.78. The Bertz CT molecular complexity index is 856. The van der Waals surface area contributed by atoms with Crippen molar-refractivity contribution in [3.8, 4) is 11.3 Å². The summed E-state index contributed by atoms with van der Waals surface area (Å²) in [5, 5.41) is 3.55. The zero-order valence-corrected chi connectivity index (χ0v) is 17.1. The molecule has 2 aromatic rings. The van der Waals surface area contributed by atoms with Crippen LogP contribution in [0.5, 0.6) is 0 Å². The van der Waals surface area contributed by atoms with Crippen LogP contribution in [-0.4, -0.2) is 60.0 Å². The lowest BCUT2D eigenvalue weighted by atomic mass is 9.95. The summed E-state index contributed by atoms with van der Waals surface area (Å²) in [6, 6.07) is 8.04. The summed E-state index contributed by atoms with van der Waals surface area (Å²) in [6.45, 7) is 3.84. The minimum Gasteiger partial charge on any atom is -0.367 e. The third-order valence-electron chi connectivity index (χ3n) is 5.96. The van der Waals surface area contributed by atoms with E-state index in [0.717, 1.165) is 43.4 Å². The number of nitrogens with one attached hydrogen (secondary N) is 1. The minimum absolute atomic E-state index is 0.442. The van der Waals surface area contributed by atoms with Crippen molar-refractivity contribution >= 4 is 17.5 Å². The van der Waals surface area contributed by atoms with Gasteiger partial charge in [0.2, 0.25) is 0 Å². The highest BCUT2D eigenvalue weighted by atomic mass is 16.1. The van der Waals surface area contributed by atoms with Crippen molar-refractivity contribution in [3.63, 3.8) is 0 Å². The highest BCUT2D eigenvalue weighted by Crippen LogP contribution is 2.28. The van der Waals surface area contributed by atoms with Gasteiger partial charge in [-0.05, 0) is 44.2 Å². The number of rotatable bonds is 5. The molecule has 1 amide bonds. The molecule has 0 radical (unpaired) electrons. The first-order valence-corrected chi connectivity index (χ1v) is 10.6. The molecular formula is C22H30N6O. The number of pyridine rings is 2. The van der Waals surface area contributed by atoms with Crippen molar-refractivity contribution < 1.29 is 4.79 Å². The summed E-state index contributed by atoms with van der Waals surface area (Å²) in [5.74, 6) is 1.25. The van der Waals surface area contributed by atoms with Gasteiger partial charge in [-0.25, -0.2) is 9.97 Å². The quantitative estimate of drug-likeness (QED) is 0.811. The first-order chi connectivity index (χ1) is 14.1. The van der Waals surface area contributed by atoms with Crippen molar-refractivity contribution in [3.05, 3.63) is 36.0 Å². The van der Waals surface area contributed by atoms with E-state index in [9.17, 15) is 4.79 Å². The third-order valence-corrected chi connectivity index (χ3v) is 5.96. The molecule has 0 unspecified atom stereocenters.